The first-order valence-corrected chi connectivity index (χ1v) is 2.12. The quantitative estimate of drug-likeness (QED) is 0.249. The molecule has 0 aromatic rings. The van der Waals surface area contributed by atoms with Crippen molar-refractivity contribution in [3.05, 3.63) is 0 Å². The van der Waals surface area contributed by atoms with E-state index in [1.54, 1.807) is 0 Å². The lowest BCUT2D eigenvalue weighted by atomic mass is 11.1. The molecule has 0 bridgehead atoms. The summed E-state index contributed by atoms with van der Waals surface area (Å²) < 4.78 is 3.58. The average Bonchev–Trinajstić information content (AvgIpc) is 2.01. The third kappa shape index (κ3) is 4.39. The van der Waals surface area contributed by atoms with Gasteiger partial charge in [0.2, 0.25) is 12.4 Å². The molecule has 8 heteroatoms. The van der Waals surface area contributed by atoms with Crippen LogP contribution in [0.3, 0.4) is 0 Å². The van der Waals surface area contributed by atoms with E-state index in [0.717, 1.165) is 6.26 Å². The summed E-state index contributed by atoms with van der Waals surface area (Å²) in [5.74, 6) is 0. The van der Waals surface area contributed by atoms with Gasteiger partial charge in [-0.2, -0.15) is 15.3 Å². The van der Waals surface area contributed by atoms with Crippen LogP contribution in [0.2, 0.25) is 0 Å². The molecule has 0 fully saturated rings. The predicted octanol–water partition coefficient (Wildman–Crippen LogP) is -0.0382. The van der Waals surface area contributed by atoms with E-state index < -0.39 is 6.16 Å². The van der Waals surface area contributed by atoms with Crippen molar-refractivity contribution in [2.24, 2.45) is 0 Å². The number of carbonyl (C=O) groups is 1. The van der Waals surface area contributed by atoms with Crippen molar-refractivity contribution in [3.8, 4) is 18.6 Å². The van der Waals surface area contributed by atoms with Crippen LogP contribution in [0.1, 0.15) is 0 Å². The second kappa shape index (κ2) is 6.62. The fourth-order valence-corrected chi connectivity index (χ4v) is 0.194. The molecule has 0 rings (SSSR count). The van der Waals surface area contributed by atoms with Gasteiger partial charge in [-0.1, -0.05) is 0 Å². The van der Waals surface area contributed by atoms with Crippen LogP contribution in [0.5, 0.6) is 0 Å². The normalized spacial score (nSPS) is 5.75. The highest BCUT2D eigenvalue weighted by Gasteiger charge is 2.09. The topological polar surface area (TPSA) is 145 Å². The number of rotatable bonds is 1. The molecule has 3 N–H and O–H groups in total. The van der Waals surface area contributed by atoms with Gasteiger partial charge in [0.25, 0.3) is 6.26 Å². The van der Waals surface area contributed by atoms with Crippen LogP contribution in [-0.2, 0) is 9.57 Å². The number of hydrogen-bond donors (Lipinski definition) is 1. The van der Waals surface area contributed by atoms with Crippen LogP contribution in [0.15, 0.2) is 0 Å². The molecule has 62 valence electrons. The van der Waals surface area contributed by atoms with E-state index in [9.17, 15) is 4.79 Å². The Bertz CT molecular complexity index is 254. The summed E-state index contributed by atoms with van der Waals surface area (Å²) in [6.07, 6.45) is 1.93. The Morgan fingerprint density at radius 2 is 1.75 bits per heavy atom. The molecular weight excluding hydrogens is 166 g/mol. The number of hydrogen-bond acceptors (Lipinski definition) is 8. The summed E-state index contributed by atoms with van der Waals surface area (Å²) in [6.45, 7) is 0. The molecule has 0 amide bonds. The Balaban J connectivity index is 0. The Morgan fingerprint density at radius 3 is 2.08 bits per heavy atom. The van der Waals surface area contributed by atoms with Crippen molar-refractivity contribution in [1.82, 2.24) is 11.2 Å². The number of carbonyl (C=O) groups excluding carboxylic acids is 1. The minimum atomic E-state index is -1.43. The highest BCUT2D eigenvalue weighted by Crippen LogP contribution is 1.88. The largest absolute Gasteiger partial charge is 0.551 e. The summed E-state index contributed by atoms with van der Waals surface area (Å²) >= 11 is 0. The van der Waals surface area contributed by atoms with Gasteiger partial charge in [0.15, 0.2) is 0 Å². The summed E-state index contributed by atoms with van der Waals surface area (Å²) in [5.41, 5.74) is 0. The SMILES string of the molecule is N.N#COC(=O)ON(C#N)C#N. The van der Waals surface area contributed by atoms with E-state index >= 15 is 0 Å². The highest BCUT2D eigenvalue weighted by atomic mass is 16.8. The molecule has 0 saturated heterocycles. The Morgan fingerprint density at radius 1 is 1.25 bits per heavy atom. The zero-order chi connectivity index (χ0) is 8.69. The van der Waals surface area contributed by atoms with Crippen molar-refractivity contribution in [3.63, 3.8) is 0 Å². The van der Waals surface area contributed by atoms with Crippen LogP contribution in [0.4, 0.5) is 4.79 Å². The van der Waals surface area contributed by atoms with E-state index in [0.29, 0.717) is 0 Å². The van der Waals surface area contributed by atoms with Gasteiger partial charge < -0.3 is 10.9 Å². The standard InChI is InChI=1S/C4N4O3.H3N/c5-1-8(2-6)11-4(9)10-3-7;/h;1H3. The third-order valence-corrected chi connectivity index (χ3v) is 0.476. The monoisotopic (exact) mass is 169 g/mol. The van der Waals surface area contributed by atoms with E-state index in [2.05, 4.69) is 9.57 Å². The Kier molecular flexibility index (Phi) is 6.73. The van der Waals surface area contributed by atoms with Crippen LogP contribution < -0.4 is 6.15 Å². The lowest BCUT2D eigenvalue weighted by Crippen LogP contribution is -2.17. The molecule has 12 heavy (non-hydrogen) atoms. The lowest BCUT2D eigenvalue weighted by Gasteiger charge is -1.99. The van der Waals surface area contributed by atoms with Gasteiger partial charge in [0.1, 0.15) is 0 Å². The molecule has 8 nitrogen and oxygen atoms in total. The van der Waals surface area contributed by atoms with E-state index in [4.69, 9.17) is 15.8 Å². The predicted molar refractivity (Wildman–Crippen MR) is 31.3 cm³/mol. The van der Waals surface area contributed by atoms with Crippen molar-refractivity contribution in [2.45, 2.75) is 0 Å². The van der Waals surface area contributed by atoms with Crippen LogP contribution >= 0.6 is 0 Å². The Labute approximate surface area is 67.3 Å². The number of nitriles is 3. The summed E-state index contributed by atoms with van der Waals surface area (Å²) in [6, 6.07) is 0. The first-order chi connectivity index (χ1) is 5.24. The molecule has 0 spiro atoms. The maximum atomic E-state index is 10.2. The van der Waals surface area contributed by atoms with Crippen LogP contribution in [-0.4, -0.2) is 11.2 Å². The fraction of sp³-hybridized carbons (Fsp3) is 0. The van der Waals surface area contributed by atoms with Crippen molar-refractivity contribution >= 4 is 6.16 Å². The van der Waals surface area contributed by atoms with Crippen molar-refractivity contribution in [2.75, 3.05) is 0 Å². The molecule has 0 atom stereocenters. The molecular formula is C4H3N5O3. The number of hydroxylamine groups is 2. The molecule has 0 heterocycles. The van der Waals surface area contributed by atoms with Crippen LogP contribution in [0.25, 0.3) is 0 Å². The Hall–Kier alpha value is -2.50. The summed E-state index contributed by atoms with van der Waals surface area (Å²) in [4.78, 5) is 14.0. The molecule has 0 saturated carbocycles. The average molecular weight is 169 g/mol. The zero-order valence-electron chi connectivity index (χ0n) is 5.72. The second-order valence-corrected chi connectivity index (χ2v) is 1.03. The first kappa shape index (κ1) is 12.2. The van der Waals surface area contributed by atoms with Gasteiger partial charge in [-0.05, 0) is 5.06 Å². The second-order valence-electron chi connectivity index (χ2n) is 1.03. The molecule has 0 unspecified atom stereocenters. The smallest absolute Gasteiger partial charge is 0.344 e. The number of ether oxygens (including phenoxy) is 1. The molecule has 0 aliphatic rings. The third-order valence-electron chi connectivity index (χ3n) is 0.476. The van der Waals surface area contributed by atoms with Crippen molar-refractivity contribution < 1.29 is 14.4 Å². The minimum Gasteiger partial charge on any atom is -0.344 e. The first-order valence-electron chi connectivity index (χ1n) is 2.12. The molecule has 0 radical (unpaired) electrons. The fourth-order valence-electron chi connectivity index (χ4n) is 0.194. The van der Waals surface area contributed by atoms with Crippen molar-refractivity contribution in [1.29, 1.82) is 15.8 Å². The van der Waals surface area contributed by atoms with Gasteiger partial charge in [-0.3, -0.25) is 4.84 Å². The molecule has 0 aromatic heterocycles. The molecule has 0 aromatic carbocycles. The minimum absolute atomic E-state index is 0. The number of nitrogens with zero attached hydrogens (tertiary/aromatic N) is 4. The van der Waals surface area contributed by atoms with E-state index in [-0.39, 0.29) is 11.2 Å². The van der Waals surface area contributed by atoms with E-state index in [1.807, 2.05) is 0 Å². The van der Waals surface area contributed by atoms with Gasteiger partial charge in [-0.25, -0.2) is 0 Å². The molecule has 0 aliphatic carbocycles. The zero-order valence-corrected chi connectivity index (χ0v) is 5.72. The summed E-state index contributed by atoms with van der Waals surface area (Å²) in [5, 5.41) is 23.7. The maximum Gasteiger partial charge on any atom is 0.551 e. The van der Waals surface area contributed by atoms with Gasteiger partial charge >= 0.3 is 6.16 Å². The molecule has 0 aliphatic heterocycles. The van der Waals surface area contributed by atoms with Gasteiger partial charge in [0.05, 0.1) is 0 Å². The van der Waals surface area contributed by atoms with Gasteiger partial charge in [-0.15, -0.1) is 5.26 Å². The highest BCUT2D eigenvalue weighted by molar-refractivity contribution is 5.60. The van der Waals surface area contributed by atoms with Crippen LogP contribution in [0, 0.1) is 34.4 Å². The van der Waals surface area contributed by atoms with E-state index in [1.165, 1.54) is 12.4 Å². The summed E-state index contributed by atoms with van der Waals surface area (Å²) in [7, 11) is 0. The lowest BCUT2D eigenvalue weighted by molar-refractivity contribution is -0.0335. The maximum absolute atomic E-state index is 10.2. The van der Waals surface area contributed by atoms with Gasteiger partial charge in [0, 0.05) is 0 Å².